The minimum Gasteiger partial charge on any atom is -0.489 e. The normalized spacial score (nSPS) is 13.7. The van der Waals surface area contributed by atoms with Crippen molar-refractivity contribution in [3.8, 4) is 5.75 Å². The number of nitrogens with zero attached hydrogens (tertiary/aromatic N) is 1. The molecule has 1 aliphatic heterocycles. The van der Waals surface area contributed by atoms with Gasteiger partial charge >= 0.3 is 0 Å². The van der Waals surface area contributed by atoms with E-state index in [0.29, 0.717) is 31.0 Å². The third-order valence-electron chi connectivity index (χ3n) is 3.48. The Balaban J connectivity index is 1.63. The zero-order chi connectivity index (χ0) is 14.7. The molecule has 1 aliphatic rings. The van der Waals surface area contributed by atoms with Crippen LogP contribution < -0.4 is 9.64 Å². The zero-order valence-corrected chi connectivity index (χ0v) is 12.4. The Hall–Kier alpha value is -1.88. The van der Waals surface area contributed by atoms with Gasteiger partial charge in [0.15, 0.2) is 0 Å². The molecule has 0 saturated carbocycles. The van der Waals surface area contributed by atoms with Crippen LogP contribution in [0.15, 0.2) is 35.7 Å². The molecule has 2 aromatic rings. The highest BCUT2D eigenvalue weighted by atomic mass is 32.1. The molecule has 0 radical (unpaired) electrons. The fourth-order valence-electron chi connectivity index (χ4n) is 2.46. The minimum absolute atomic E-state index is 0.0720. The summed E-state index contributed by atoms with van der Waals surface area (Å²) in [5, 5.41) is 2.05. The molecule has 0 fully saturated rings. The van der Waals surface area contributed by atoms with Gasteiger partial charge in [-0.15, -0.1) is 11.3 Å². The van der Waals surface area contributed by atoms with Crippen LogP contribution in [0.4, 0.5) is 10.1 Å². The number of benzene rings is 1. The first-order valence-electron chi connectivity index (χ1n) is 6.99. The smallest absolute Gasteiger partial charge is 0.227 e. The number of amides is 1. The van der Waals surface area contributed by atoms with E-state index in [1.54, 1.807) is 22.3 Å². The van der Waals surface area contributed by atoms with Crippen LogP contribution >= 0.6 is 11.3 Å². The van der Waals surface area contributed by atoms with E-state index in [9.17, 15) is 9.18 Å². The summed E-state index contributed by atoms with van der Waals surface area (Å²) in [6, 6.07) is 8.41. The molecular formula is C16H16FNO2S. The molecular weight excluding hydrogens is 289 g/mol. The lowest BCUT2D eigenvalue weighted by Gasteiger charge is -2.29. The standard InChI is InChI=1S/C16H16FNO2S/c17-12-6-7-14-15(11-12)20-9-8-18(14)16(19)5-1-3-13-4-2-10-21-13/h2,4,6-7,10-11H,1,3,5,8-9H2. The predicted molar refractivity (Wildman–Crippen MR) is 81.5 cm³/mol. The van der Waals surface area contributed by atoms with Gasteiger partial charge in [0.1, 0.15) is 18.2 Å². The molecule has 0 unspecified atom stereocenters. The number of anilines is 1. The van der Waals surface area contributed by atoms with Gasteiger partial charge < -0.3 is 9.64 Å². The number of fused-ring (bicyclic) bond motifs is 1. The van der Waals surface area contributed by atoms with Crippen LogP contribution in [-0.4, -0.2) is 19.1 Å². The molecule has 0 saturated heterocycles. The van der Waals surface area contributed by atoms with Crippen molar-refractivity contribution in [1.82, 2.24) is 0 Å². The molecule has 0 bridgehead atoms. The molecule has 1 aromatic carbocycles. The molecule has 0 atom stereocenters. The van der Waals surface area contributed by atoms with E-state index < -0.39 is 0 Å². The van der Waals surface area contributed by atoms with E-state index >= 15 is 0 Å². The molecule has 3 rings (SSSR count). The second kappa shape index (κ2) is 6.26. The third-order valence-corrected chi connectivity index (χ3v) is 4.42. The quantitative estimate of drug-likeness (QED) is 0.863. The maximum atomic E-state index is 13.2. The highest BCUT2D eigenvalue weighted by Crippen LogP contribution is 2.32. The lowest BCUT2D eigenvalue weighted by molar-refractivity contribution is -0.118. The maximum Gasteiger partial charge on any atom is 0.227 e. The lowest BCUT2D eigenvalue weighted by atomic mass is 10.1. The van der Waals surface area contributed by atoms with Crippen molar-refractivity contribution in [3.05, 3.63) is 46.4 Å². The van der Waals surface area contributed by atoms with E-state index in [1.165, 1.54) is 17.0 Å². The van der Waals surface area contributed by atoms with E-state index in [4.69, 9.17) is 4.74 Å². The van der Waals surface area contributed by atoms with E-state index in [0.717, 1.165) is 12.8 Å². The summed E-state index contributed by atoms with van der Waals surface area (Å²) >= 11 is 1.71. The van der Waals surface area contributed by atoms with E-state index in [-0.39, 0.29) is 11.7 Å². The Bertz CT molecular complexity index is 627. The predicted octanol–water partition coefficient (Wildman–Crippen LogP) is 3.64. The largest absolute Gasteiger partial charge is 0.489 e. The van der Waals surface area contributed by atoms with Crippen molar-refractivity contribution in [2.24, 2.45) is 0 Å². The van der Waals surface area contributed by atoms with Gasteiger partial charge in [-0.05, 0) is 36.4 Å². The minimum atomic E-state index is -0.347. The van der Waals surface area contributed by atoms with Gasteiger partial charge in [0, 0.05) is 17.4 Å². The van der Waals surface area contributed by atoms with Crippen molar-refractivity contribution in [2.75, 3.05) is 18.1 Å². The van der Waals surface area contributed by atoms with Gasteiger partial charge in [0.25, 0.3) is 0 Å². The second-order valence-corrected chi connectivity index (χ2v) is 5.97. The third kappa shape index (κ3) is 3.24. The van der Waals surface area contributed by atoms with Crippen LogP contribution in [0.25, 0.3) is 0 Å². The number of hydrogen-bond acceptors (Lipinski definition) is 3. The van der Waals surface area contributed by atoms with Crippen LogP contribution in [-0.2, 0) is 11.2 Å². The average Bonchev–Trinajstić information content (AvgIpc) is 2.99. The van der Waals surface area contributed by atoms with Crippen LogP contribution in [0.1, 0.15) is 17.7 Å². The maximum absolute atomic E-state index is 13.2. The number of ether oxygens (including phenoxy) is 1. The van der Waals surface area contributed by atoms with Gasteiger partial charge in [-0.2, -0.15) is 0 Å². The van der Waals surface area contributed by atoms with Crippen LogP contribution in [0.5, 0.6) is 5.75 Å². The molecule has 1 aromatic heterocycles. The summed E-state index contributed by atoms with van der Waals surface area (Å²) in [7, 11) is 0. The number of carbonyl (C=O) groups excluding carboxylic acids is 1. The molecule has 2 heterocycles. The summed E-state index contributed by atoms with van der Waals surface area (Å²) in [5.41, 5.74) is 0.670. The SMILES string of the molecule is O=C(CCCc1cccs1)N1CCOc2cc(F)ccc21. The Morgan fingerprint density at radius 2 is 2.29 bits per heavy atom. The first-order valence-corrected chi connectivity index (χ1v) is 7.87. The van der Waals surface area contributed by atoms with Crippen LogP contribution in [0, 0.1) is 5.82 Å². The van der Waals surface area contributed by atoms with E-state index in [1.807, 2.05) is 11.4 Å². The van der Waals surface area contributed by atoms with Gasteiger partial charge in [0.05, 0.1) is 12.2 Å². The lowest BCUT2D eigenvalue weighted by Crippen LogP contribution is -2.37. The number of thiophene rings is 1. The molecule has 5 heteroatoms. The van der Waals surface area contributed by atoms with Gasteiger partial charge in [-0.3, -0.25) is 4.79 Å². The number of rotatable bonds is 4. The monoisotopic (exact) mass is 305 g/mol. The molecule has 1 amide bonds. The molecule has 21 heavy (non-hydrogen) atoms. The Kier molecular flexibility index (Phi) is 4.20. The first kappa shape index (κ1) is 14.1. The van der Waals surface area contributed by atoms with Gasteiger partial charge in [0.2, 0.25) is 5.91 Å². The Morgan fingerprint density at radius 1 is 1.38 bits per heavy atom. The fourth-order valence-corrected chi connectivity index (χ4v) is 3.21. The fraction of sp³-hybridized carbons (Fsp3) is 0.312. The van der Waals surface area contributed by atoms with Crippen molar-refractivity contribution < 1.29 is 13.9 Å². The summed E-state index contributed by atoms with van der Waals surface area (Å²) < 4.78 is 18.6. The highest BCUT2D eigenvalue weighted by Gasteiger charge is 2.23. The summed E-state index contributed by atoms with van der Waals surface area (Å²) in [4.78, 5) is 15.4. The summed E-state index contributed by atoms with van der Waals surface area (Å²) in [5.74, 6) is 0.177. The summed E-state index contributed by atoms with van der Waals surface area (Å²) in [6.45, 7) is 0.934. The summed E-state index contributed by atoms with van der Waals surface area (Å²) in [6.07, 6.45) is 2.24. The highest BCUT2D eigenvalue weighted by molar-refractivity contribution is 7.09. The van der Waals surface area contributed by atoms with Crippen molar-refractivity contribution in [3.63, 3.8) is 0 Å². The van der Waals surface area contributed by atoms with Gasteiger partial charge in [-0.25, -0.2) is 4.39 Å². The van der Waals surface area contributed by atoms with Crippen molar-refractivity contribution >= 4 is 22.9 Å². The Labute approximate surface area is 127 Å². The molecule has 0 spiro atoms. The van der Waals surface area contributed by atoms with Crippen LogP contribution in [0.2, 0.25) is 0 Å². The second-order valence-electron chi connectivity index (χ2n) is 4.94. The van der Waals surface area contributed by atoms with Gasteiger partial charge in [-0.1, -0.05) is 6.07 Å². The van der Waals surface area contributed by atoms with Crippen molar-refractivity contribution in [1.29, 1.82) is 0 Å². The molecule has 110 valence electrons. The number of aryl methyl sites for hydroxylation is 1. The Morgan fingerprint density at radius 3 is 3.10 bits per heavy atom. The number of halogens is 1. The van der Waals surface area contributed by atoms with Crippen molar-refractivity contribution in [2.45, 2.75) is 19.3 Å². The first-order chi connectivity index (χ1) is 10.2. The number of carbonyl (C=O) groups is 1. The van der Waals surface area contributed by atoms with E-state index in [2.05, 4.69) is 6.07 Å². The molecule has 3 nitrogen and oxygen atoms in total. The average molecular weight is 305 g/mol. The zero-order valence-electron chi connectivity index (χ0n) is 11.5. The van der Waals surface area contributed by atoms with Crippen LogP contribution in [0.3, 0.4) is 0 Å². The number of hydrogen-bond donors (Lipinski definition) is 0. The topological polar surface area (TPSA) is 29.5 Å². The molecule has 0 aliphatic carbocycles. The molecule has 0 N–H and O–H groups in total.